The van der Waals surface area contributed by atoms with Crippen LogP contribution in [0.2, 0.25) is 0 Å². The molecule has 1 aromatic carbocycles. The number of amides is 2. The maximum Gasteiger partial charge on any atom is 0.268 e. The predicted molar refractivity (Wildman–Crippen MR) is 105 cm³/mol. The number of hydrogen-bond donors (Lipinski definition) is 3. The highest BCUT2D eigenvalue weighted by molar-refractivity contribution is 5.99. The van der Waals surface area contributed by atoms with Crippen LogP contribution in [0.1, 0.15) is 42.6 Å². The van der Waals surface area contributed by atoms with Gasteiger partial charge in [-0.2, -0.15) is 5.26 Å². The summed E-state index contributed by atoms with van der Waals surface area (Å²) < 4.78 is 1.86. The first-order valence-electron chi connectivity index (χ1n) is 9.71. The topological polar surface area (TPSA) is 107 Å². The van der Waals surface area contributed by atoms with Crippen molar-refractivity contribution in [2.75, 3.05) is 6.61 Å². The third kappa shape index (κ3) is 4.18. The molecule has 7 nitrogen and oxygen atoms in total. The van der Waals surface area contributed by atoms with Gasteiger partial charge >= 0.3 is 0 Å². The number of nitrogens with one attached hydrogen (secondary N) is 2. The summed E-state index contributed by atoms with van der Waals surface area (Å²) in [5.41, 5.74) is 1.53. The Morgan fingerprint density at radius 2 is 2.07 bits per heavy atom. The Morgan fingerprint density at radius 1 is 1.32 bits per heavy atom. The molecule has 0 bridgehead atoms. The molecule has 3 N–H and O–H groups in total. The van der Waals surface area contributed by atoms with E-state index in [0.717, 1.165) is 30.2 Å². The number of hydrogen-bond acceptors (Lipinski definition) is 4. The monoisotopic (exact) mass is 382 g/mol. The van der Waals surface area contributed by atoms with Crippen molar-refractivity contribution in [1.82, 2.24) is 15.2 Å². The molecule has 0 spiro atoms. The lowest BCUT2D eigenvalue weighted by Gasteiger charge is -2.31. The van der Waals surface area contributed by atoms with Crippen LogP contribution in [0, 0.1) is 17.2 Å². The summed E-state index contributed by atoms with van der Waals surface area (Å²) in [5.74, 6) is -0.806. The average Bonchev–Trinajstić information content (AvgIpc) is 3.05. The molecule has 1 aliphatic carbocycles. The fourth-order valence-electron chi connectivity index (χ4n) is 3.94. The van der Waals surface area contributed by atoms with E-state index in [4.69, 9.17) is 10.4 Å². The van der Waals surface area contributed by atoms with E-state index < -0.39 is 6.04 Å². The van der Waals surface area contributed by atoms with Gasteiger partial charge in [0, 0.05) is 37.0 Å². The lowest BCUT2D eigenvalue weighted by atomic mass is 9.83. The molecule has 0 unspecified atom stereocenters. The molecule has 2 aromatic rings. The zero-order chi connectivity index (χ0) is 20.1. The van der Waals surface area contributed by atoms with Gasteiger partial charge in [0.1, 0.15) is 11.7 Å². The van der Waals surface area contributed by atoms with Gasteiger partial charge in [0.2, 0.25) is 5.91 Å². The smallest absolute Gasteiger partial charge is 0.268 e. The molecule has 0 radical (unpaired) electrons. The minimum atomic E-state index is -0.714. The van der Waals surface area contributed by atoms with Crippen LogP contribution < -0.4 is 10.6 Å². The number of carbonyl (C=O) groups is 2. The molecular formula is C21H26N4O3. The third-order valence-corrected chi connectivity index (χ3v) is 5.49. The summed E-state index contributed by atoms with van der Waals surface area (Å²) in [7, 11) is 1.86. The second-order valence-corrected chi connectivity index (χ2v) is 7.32. The van der Waals surface area contributed by atoms with Gasteiger partial charge in [-0.3, -0.25) is 9.59 Å². The van der Waals surface area contributed by atoms with Crippen LogP contribution in [0.25, 0.3) is 10.9 Å². The molecule has 3 atom stereocenters. The van der Waals surface area contributed by atoms with Crippen molar-refractivity contribution in [2.24, 2.45) is 13.0 Å². The highest BCUT2D eigenvalue weighted by Crippen LogP contribution is 2.26. The van der Waals surface area contributed by atoms with Crippen molar-refractivity contribution < 1.29 is 14.7 Å². The van der Waals surface area contributed by atoms with E-state index in [2.05, 4.69) is 10.6 Å². The molecule has 1 heterocycles. The first-order valence-corrected chi connectivity index (χ1v) is 9.71. The number of aryl methyl sites for hydroxylation is 1. The molecule has 1 fully saturated rings. The van der Waals surface area contributed by atoms with Crippen LogP contribution in [0.3, 0.4) is 0 Å². The lowest BCUT2D eigenvalue weighted by molar-refractivity contribution is -0.127. The van der Waals surface area contributed by atoms with Crippen LogP contribution in [0.5, 0.6) is 0 Å². The fraction of sp³-hybridized carbons (Fsp3) is 0.476. The van der Waals surface area contributed by atoms with E-state index in [9.17, 15) is 9.59 Å². The van der Waals surface area contributed by atoms with E-state index in [1.54, 1.807) is 0 Å². The van der Waals surface area contributed by atoms with Gasteiger partial charge in [0.05, 0.1) is 12.0 Å². The van der Waals surface area contributed by atoms with E-state index in [1.807, 2.05) is 48.0 Å². The Hall–Kier alpha value is -2.85. The normalized spacial score (nSPS) is 20.3. The molecule has 0 saturated heterocycles. The Kier molecular flexibility index (Phi) is 6.32. The van der Waals surface area contributed by atoms with Gasteiger partial charge in [0.25, 0.3) is 5.91 Å². The van der Waals surface area contributed by atoms with E-state index in [-0.39, 0.29) is 36.8 Å². The largest absolute Gasteiger partial charge is 0.396 e. The summed E-state index contributed by atoms with van der Waals surface area (Å²) in [5, 5.41) is 24.9. The molecular weight excluding hydrogens is 356 g/mol. The number of para-hydroxylation sites is 1. The van der Waals surface area contributed by atoms with E-state index in [1.165, 1.54) is 0 Å². The summed E-state index contributed by atoms with van der Waals surface area (Å²) in [6.07, 6.45) is 3.45. The zero-order valence-corrected chi connectivity index (χ0v) is 16.0. The number of aliphatic hydroxyl groups is 1. The number of aromatic nitrogens is 1. The highest BCUT2D eigenvalue weighted by atomic mass is 16.3. The number of carbonyl (C=O) groups excluding carboxylic acids is 2. The molecule has 3 rings (SSSR count). The number of rotatable bonds is 6. The quantitative estimate of drug-likeness (QED) is 0.709. The molecule has 1 saturated carbocycles. The number of fused-ring (bicyclic) bond motifs is 1. The molecule has 1 aromatic heterocycles. The number of aliphatic hydroxyl groups excluding tert-OH is 1. The molecule has 1 aliphatic rings. The Labute approximate surface area is 164 Å². The number of nitriles is 1. The van der Waals surface area contributed by atoms with Crippen molar-refractivity contribution in [1.29, 1.82) is 5.26 Å². The SMILES string of the molecule is Cn1c(C(=O)N[C@H]2CCCC[C@H]2C(=O)N[C@H](C#N)CCO)cc2ccccc21. The maximum atomic E-state index is 12.9. The third-order valence-electron chi connectivity index (χ3n) is 5.49. The second kappa shape index (κ2) is 8.89. The minimum absolute atomic E-state index is 0.162. The van der Waals surface area contributed by atoms with Gasteiger partial charge in [0.15, 0.2) is 0 Å². The minimum Gasteiger partial charge on any atom is -0.396 e. The molecule has 2 amide bonds. The lowest BCUT2D eigenvalue weighted by Crippen LogP contribution is -2.50. The number of nitrogens with zero attached hydrogens (tertiary/aromatic N) is 2. The van der Waals surface area contributed by atoms with Gasteiger partial charge in [-0.25, -0.2) is 0 Å². The number of benzene rings is 1. The van der Waals surface area contributed by atoms with Crippen molar-refractivity contribution in [3.63, 3.8) is 0 Å². The van der Waals surface area contributed by atoms with Crippen LogP contribution in [0.15, 0.2) is 30.3 Å². The van der Waals surface area contributed by atoms with Crippen molar-refractivity contribution >= 4 is 22.7 Å². The van der Waals surface area contributed by atoms with Gasteiger partial charge in [-0.1, -0.05) is 31.0 Å². The van der Waals surface area contributed by atoms with Gasteiger partial charge in [-0.15, -0.1) is 0 Å². The molecule has 7 heteroatoms. The van der Waals surface area contributed by atoms with Crippen LogP contribution in [-0.4, -0.2) is 40.2 Å². The first-order chi connectivity index (χ1) is 13.5. The molecule has 148 valence electrons. The van der Waals surface area contributed by atoms with Crippen molar-refractivity contribution in [3.8, 4) is 6.07 Å². The predicted octanol–water partition coefficient (Wildman–Crippen LogP) is 1.86. The average molecular weight is 382 g/mol. The van der Waals surface area contributed by atoms with E-state index >= 15 is 0 Å². The Balaban J connectivity index is 1.73. The summed E-state index contributed by atoms with van der Waals surface area (Å²) >= 11 is 0. The molecule has 0 aliphatic heterocycles. The zero-order valence-electron chi connectivity index (χ0n) is 16.0. The van der Waals surface area contributed by atoms with Crippen molar-refractivity contribution in [3.05, 3.63) is 36.0 Å². The van der Waals surface area contributed by atoms with Crippen LogP contribution in [-0.2, 0) is 11.8 Å². The van der Waals surface area contributed by atoms with Crippen LogP contribution in [0.4, 0.5) is 0 Å². The van der Waals surface area contributed by atoms with Crippen LogP contribution >= 0.6 is 0 Å². The summed E-state index contributed by atoms with van der Waals surface area (Å²) in [4.78, 5) is 25.6. The van der Waals surface area contributed by atoms with Gasteiger partial charge < -0.3 is 20.3 Å². The summed E-state index contributed by atoms with van der Waals surface area (Å²) in [6.45, 7) is -0.162. The second-order valence-electron chi connectivity index (χ2n) is 7.32. The van der Waals surface area contributed by atoms with Gasteiger partial charge in [-0.05, 0) is 25.0 Å². The van der Waals surface area contributed by atoms with Crippen molar-refractivity contribution in [2.45, 2.75) is 44.2 Å². The fourth-order valence-corrected chi connectivity index (χ4v) is 3.94. The Bertz CT molecular complexity index is 899. The molecule has 28 heavy (non-hydrogen) atoms. The maximum absolute atomic E-state index is 12.9. The highest BCUT2D eigenvalue weighted by Gasteiger charge is 2.33. The van der Waals surface area contributed by atoms with E-state index in [0.29, 0.717) is 12.1 Å². The Morgan fingerprint density at radius 3 is 2.79 bits per heavy atom. The standard InChI is InChI=1S/C21H26N4O3/c1-25-18-9-5-2-6-14(18)12-19(25)21(28)24-17-8-4-3-7-16(17)20(27)23-15(13-22)10-11-26/h2,5-6,9,12,15-17,26H,3-4,7-8,10-11H2,1H3,(H,23,27)(H,24,28)/t15-,16+,17-/m0/s1. The summed E-state index contributed by atoms with van der Waals surface area (Å²) in [6, 6.07) is 10.7. The first kappa shape index (κ1) is 19.9.